The van der Waals surface area contributed by atoms with Gasteiger partial charge in [0.15, 0.2) is 0 Å². The molecule has 328 valence electrons. The van der Waals surface area contributed by atoms with Crippen molar-refractivity contribution in [3.05, 3.63) is 122 Å². The van der Waals surface area contributed by atoms with E-state index in [1.165, 1.54) is 0 Å². The molecule has 0 aliphatic carbocycles. The summed E-state index contributed by atoms with van der Waals surface area (Å²) in [4.78, 5) is 22.5. The molecule has 0 aromatic heterocycles. The molecule has 2 atom stereocenters. The monoisotopic (exact) mass is 826 g/mol. The van der Waals surface area contributed by atoms with Crippen LogP contribution < -0.4 is 5.73 Å². The number of carbonyl (C=O) groups excluding carboxylic acids is 1. The summed E-state index contributed by atoms with van der Waals surface area (Å²) in [5.74, 6) is -0.370. The van der Waals surface area contributed by atoms with E-state index in [0.717, 1.165) is 122 Å². The summed E-state index contributed by atoms with van der Waals surface area (Å²) in [7, 11) is -4.31. The minimum absolute atomic E-state index is 0.0695. The SMILES string of the molecule is CC/C=C\C/C=C\C/C=C\C/C=C\C/C=C\CCCCCCCC(=O)OC(COCCCC/C=C\C/C=C\C/C=C\C/C=C\C/C=C\CC)COP(=O)(O)OCCN. The molecule has 2 unspecified atom stereocenters. The van der Waals surface area contributed by atoms with Crippen molar-refractivity contribution in [2.45, 2.75) is 148 Å². The van der Waals surface area contributed by atoms with Gasteiger partial charge < -0.3 is 20.1 Å². The van der Waals surface area contributed by atoms with Gasteiger partial charge in [0.1, 0.15) is 6.10 Å². The van der Waals surface area contributed by atoms with Crippen LogP contribution in [0.15, 0.2) is 122 Å². The average Bonchev–Trinajstić information content (AvgIpc) is 3.21. The van der Waals surface area contributed by atoms with E-state index in [1.807, 2.05) is 0 Å². The summed E-state index contributed by atoms with van der Waals surface area (Å²) >= 11 is 0. The summed E-state index contributed by atoms with van der Waals surface area (Å²) in [6.07, 6.45) is 62.2. The zero-order chi connectivity index (χ0) is 42.3. The van der Waals surface area contributed by atoms with Crippen molar-refractivity contribution < 1.29 is 32.8 Å². The number of phosphoric ester groups is 1. The maximum Gasteiger partial charge on any atom is 0.472 e. The first-order valence-electron chi connectivity index (χ1n) is 22.0. The van der Waals surface area contributed by atoms with Crippen molar-refractivity contribution in [1.82, 2.24) is 0 Å². The van der Waals surface area contributed by atoms with Crippen molar-refractivity contribution in [1.29, 1.82) is 0 Å². The summed E-state index contributed by atoms with van der Waals surface area (Å²) in [6.45, 7) is 4.51. The molecule has 9 heteroatoms. The molecule has 0 radical (unpaired) electrons. The number of esters is 1. The third-order valence-corrected chi connectivity index (χ3v) is 9.36. The minimum atomic E-state index is -4.31. The molecule has 0 aliphatic heterocycles. The van der Waals surface area contributed by atoms with Gasteiger partial charge in [-0.05, 0) is 103 Å². The molecule has 0 bridgehead atoms. The van der Waals surface area contributed by atoms with Crippen LogP contribution in [0.25, 0.3) is 0 Å². The van der Waals surface area contributed by atoms with Gasteiger partial charge in [-0.2, -0.15) is 0 Å². The van der Waals surface area contributed by atoms with Gasteiger partial charge in [0.2, 0.25) is 0 Å². The Labute approximate surface area is 354 Å². The predicted molar refractivity (Wildman–Crippen MR) is 247 cm³/mol. The highest BCUT2D eigenvalue weighted by Crippen LogP contribution is 2.43. The largest absolute Gasteiger partial charge is 0.472 e. The number of allylic oxidation sites excluding steroid dienone is 20. The Morgan fingerprint density at radius 1 is 0.517 bits per heavy atom. The molecular weight excluding hydrogens is 746 g/mol. The molecule has 8 nitrogen and oxygen atoms in total. The van der Waals surface area contributed by atoms with Crippen LogP contribution in [0.5, 0.6) is 0 Å². The molecular formula is C49H80NO7P. The number of hydrogen-bond acceptors (Lipinski definition) is 7. The van der Waals surface area contributed by atoms with E-state index >= 15 is 0 Å². The lowest BCUT2D eigenvalue weighted by molar-refractivity contribution is -0.154. The average molecular weight is 826 g/mol. The Hall–Kier alpha value is -3.10. The third kappa shape index (κ3) is 44.0. The van der Waals surface area contributed by atoms with Gasteiger partial charge in [-0.1, -0.05) is 155 Å². The second-order valence-corrected chi connectivity index (χ2v) is 15.2. The Bertz CT molecular complexity index is 1290. The van der Waals surface area contributed by atoms with Crippen LogP contribution in [0, 0.1) is 0 Å². The molecule has 3 N–H and O–H groups in total. The first-order chi connectivity index (χ1) is 28.4. The maximum atomic E-state index is 12.6. The number of ether oxygens (including phenoxy) is 2. The van der Waals surface area contributed by atoms with Crippen molar-refractivity contribution in [3.8, 4) is 0 Å². The summed E-state index contributed by atoms with van der Waals surface area (Å²) < 4.78 is 33.4. The number of nitrogens with two attached hydrogens (primary N) is 1. The second-order valence-electron chi connectivity index (χ2n) is 13.8. The van der Waals surface area contributed by atoms with E-state index in [1.54, 1.807) is 0 Å². The topological polar surface area (TPSA) is 117 Å². The highest BCUT2D eigenvalue weighted by molar-refractivity contribution is 7.47. The van der Waals surface area contributed by atoms with Crippen LogP contribution in [-0.2, 0) is 27.9 Å². The van der Waals surface area contributed by atoms with Crippen molar-refractivity contribution in [2.75, 3.05) is 33.0 Å². The lowest BCUT2D eigenvalue weighted by Gasteiger charge is -2.20. The van der Waals surface area contributed by atoms with Crippen molar-refractivity contribution >= 4 is 13.8 Å². The van der Waals surface area contributed by atoms with Crippen LogP contribution in [0.2, 0.25) is 0 Å². The molecule has 58 heavy (non-hydrogen) atoms. The lowest BCUT2D eigenvalue weighted by Crippen LogP contribution is -2.28. The van der Waals surface area contributed by atoms with E-state index in [2.05, 4.69) is 135 Å². The van der Waals surface area contributed by atoms with E-state index in [0.29, 0.717) is 6.61 Å². The van der Waals surface area contributed by atoms with Gasteiger partial charge in [-0.25, -0.2) is 4.57 Å². The molecule has 0 aromatic rings. The summed E-state index contributed by atoms with van der Waals surface area (Å²) in [6, 6.07) is 0. The predicted octanol–water partition coefficient (Wildman–Crippen LogP) is 13.4. The Morgan fingerprint density at radius 3 is 1.36 bits per heavy atom. The molecule has 0 saturated carbocycles. The van der Waals surface area contributed by atoms with Gasteiger partial charge in [0.05, 0.1) is 19.8 Å². The zero-order valence-electron chi connectivity index (χ0n) is 36.2. The molecule has 0 aromatic carbocycles. The fraction of sp³-hybridized carbons (Fsp3) is 0.571. The standard InChI is InChI=1S/C49H80NO7P/c1-3-5-7-9-11-13-15-17-19-21-23-24-25-26-28-30-32-34-36-38-40-42-49(51)57-48(47-56-58(52,53)55-45-43-50)46-54-44-41-39-37-35-33-31-29-27-22-20-18-16-14-12-10-8-6-4-2/h5-8,11-14,17-20,23-24,26-29,33,35,48H,3-4,9-10,15-16,21-22,25,30-32,34,36-47,50H2,1-2H3,(H,52,53)/b7-5-,8-6-,13-11-,14-12-,19-17-,20-18-,24-23-,28-26-,29-27-,35-33-. The van der Waals surface area contributed by atoms with Gasteiger partial charge in [-0.15, -0.1) is 0 Å². The number of rotatable bonds is 40. The van der Waals surface area contributed by atoms with Crippen LogP contribution in [0.1, 0.15) is 142 Å². The lowest BCUT2D eigenvalue weighted by atomic mass is 10.1. The Balaban J connectivity index is 4.19. The van der Waals surface area contributed by atoms with E-state index in [9.17, 15) is 14.3 Å². The van der Waals surface area contributed by atoms with Gasteiger partial charge >= 0.3 is 13.8 Å². The fourth-order valence-corrected chi connectivity index (χ4v) is 5.99. The smallest absolute Gasteiger partial charge is 0.457 e. The molecule has 0 fully saturated rings. The van der Waals surface area contributed by atoms with Gasteiger partial charge in [0.25, 0.3) is 0 Å². The molecule has 0 aliphatic rings. The van der Waals surface area contributed by atoms with E-state index in [4.69, 9.17) is 24.3 Å². The molecule has 0 amide bonds. The molecule has 0 spiro atoms. The number of unbranched alkanes of at least 4 members (excludes halogenated alkanes) is 7. The highest BCUT2D eigenvalue weighted by atomic mass is 31.2. The first-order valence-corrected chi connectivity index (χ1v) is 23.5. The van der Waals surface area contributed by atoms with Crippen molar-refractivity contribution in [3.63, 3.8) is 0 Å². The molecule has 0 rings (SSSR count). The zero-order valence-corrected chi connectivity index (χ0v) is 37.1. The highest BCUT2D eigenvalue weighted by Gasteiger charge is 2.25. The van der Waals surface area contributed by atoms with Crippen LogP contribution in [-0.4, -0.2) is 49.9 Å². The quantitative estimate of drug-likeness (QED) is 0.0271. The summed E-state index contributed by atoms with van der Waals surface area (Å²) in [5.41, 5.74) is 5.37. The number of hydrogen-bond donors (Lipinski definition) is 2. The van der Waals surface area contributed by atoms with E-state index < -0.39 is 13.9 Å². The number of carbonyl (C=O) groups is 1. The molecule has 0 heterocycles. The Kier molecular flexibility index (Phi) is 42.6. The fourth-order valence-electron chi connectivity index (χ4n) is 5.22. The van der Waals surface area contributed by atoms with Crippen LogP contribution in [0.4, 0.5) is 0 Å². The van der Waals surface area contributed by atoms with E-state index in [-0.39, 0.29) is 38.8 Å². The van der Waals surface area contributed by atoms with Gasteiger partial charge in [-0.3, -0.25) is 13.8 Å². The van der Waals surface area contributed by atoms with Crippen LogP contribution in [0.3, 0.4) is 0 Å². The maximum absolute atomic E-state index is 12.6. The van der Waals surface area contributed by atoms with Crippen molar-refractivity contribution in [2.24, 2.45) is 5.73 Å². The minimum Gasteiger partial charge on any atom is -0.457 e. The number of phosphoric acid groups is 1. The summed E-state index contributed by atoms with van der Waals surface area (Å²) in [5, 5.41) is 0. The first kappa shape index (κ1) is 54.9. The second kappa shape index (κ2) is 45.0. The normalized spacial score (nSPS) is 14.6. The third-order valence-electron chi connectivity index (χ3n) is 8.37. The van der Waals surface area contributed by atoms with Gasteiger partial charge in [0, 0.05) is 19.6 Å². The Morgan fingerprint density at radius 2 is 0.914 bits per heavy atom. The molecule has 0 saturated heterocycles. The van der Waals surface area contributed by atoms with Crippen LogP contribution >= 0.6 is 7.82 Å².